The predicted molar refractivity (Wildman–Crippen MR) is 46.0 cm³/mol. The molecule has 2 heteroatoms. The third kappa shape index (κ3) is 1.02. The number of carbonyl (C=O) groups is 1. The van der Waals surface area contributed by atoms with Gasteiger partial charge in [-0.2, -0.15) is 0 Å². The minimum atomic E-state index is -0.0566. The van der Waals surface area contributed by atoms with Gasteiger partial charge in [0, 0.05) is 9.75 Å². The Morgan fingerprint density at radius 3 is 2.64 bits per heavy atom. The maximum atomic E-state index is 10.7. The Kier molecular flexibility index (Phi) is 1.39. The topological polar surface area (TPSA) is 17.1 Å². The van der Waals surface area contributed by atoms with Gasteiger partial charge in [-0.1, -0.05) is 0 Å². The molecule has 0 amide bonds. The number of hydrogen-bond acceptors (Lipinski definition) is 2. The summed E-state index contributed by atoms with van der Waals surface area (Å²) in [6, 6.07) is 4.17. The Balaban J connectivity index is 2.36. The summed E-state index contributed by atoms with van der Waals surface area (Å²) in [6.07, 6.45) is 3.21. The Hall–Kier alpha value is -0.630. The van der Waals surface area contributed by atoms with Gasteiger partial charge in [0.15, 0.2) is 0 Å². The minimum Gasteiger partial charge on any atom is -0.302 e. The van der Waals surface area contributed by atoms with Gasteiger partial charge in [-0.15, -0.1) is 11.3 Å². The van der Waals surface area contributed by atoms with Gasteiger partial charge in [0.2, 0.25) is 0 Å². The van der Waals surface area contributed by atoms with Crippen LogP contribution in [-0.4, -0.2) is 6.29 Å². The van der Waals surface area contributed by atoms with Crippen molar-refractivity contribution in [1.82, 2.24) is 0 Å². The lowest BCUT2D eigenvalue weighted by Gasteiger charge is -2.00. The van der Waals surface area contributed by atoms with Gasteiger partial charge in [-0.3, -0.25) is 0 Å². The third-order valence-electron chi connectivity index (χ3n) is 2.25. The van der Waals surface area contributed by atoms with Crippen molar-refractivity contribution in [2.75, 3.05) is 0 Å². The van der Waals surface area contributed by atoms with E-state index in [0.717, 1.165) is 19.1 Å². The summed E-state index contributed by atoms with van der Waals surface area (Å²) in [5, 5.41) is 0. The lowest BCUT2D eigenvalue weighted by Crippen LogP contribution is -2.04. The maximum absolute atomic E-state index is 10.7. The van der Waals surface area contributed by atoms with E-state index in [0.29, 0.717) is 0 Å². The van der Waals surface area contributed by atoms with E-state index in [9.17, 15) is 4.79 Å². The fourth-order valence-corrected chi connectivity index (χ4v) is 2.33. The summed E-state index contributed by atoms with van der Waals surface area (Å²) in [5.74, 6) is 0. The van der Waals surface area contributed by atoms with Crippen molar-refractivity contribution >= 4 is 17.6 Å². The van der Waals surface area contributed by atoms with E-state index >= 15 is 0 Å². The lowest BCUT2D eigenvalue weighted by molar-refractivity contribution is -0.109. The monoisotopic (exact) mass is 166 g/mol. The molecule has 0 spiro atoms. The highest BCUT2D eigenvalue weighted by Crippen LogP contribution is 2.48. The molecule has 0 radical (unpaired) electrons. The molecule has 1 aromatic rings. The van der Waals surface area contributed by atoms with Crippen LogP contribution < -0.4 is 0 Å². The first-order valence-electron chi connectivity index (χ1n) is 3.80. The summed E-state index contributed by atoms with van der Waals surface area (Å²) in [6.45, 7) is 2.08. The van der Waals surface area contributed by atoms with Crippen LogP contribution in [0.3, 0.4) is 0 Å². The van der Waals surface area contributed by atoms with E-state index in [1.165, 1.54) is 9.75 Å². The standard InChI is InChI=1S/C9H10OS/c1-7-2-3-8(11-7)9(6-10)4-5-9/h2-3,6H,4-5H2,1H3. The Bertz CT molecular complexity index is 284. The maximum Gasteiger partial charge on any atom is 0.131 e. The lowest BCUT2D eigenvalue weighted by atomic mass is 10.1. The molecule has 1 aromatic heterocycles. The fourth-order valence-electron chi connectivity index (χ4n) is 1.26. The van der Waals surface area contributed by atoms with Crippen LogP contribution in [0.25, 0.3) is 0 Å². The first-order chi connectivity index (χ1) is 5.27. The summed E-state index contributed by atoms with van der Waals surface area (Å²) < 4.78 is 0. The fraction of sp³-hybridized carbons (Fsp3) is 0.444. The first kappa shape index (κ1) is 7.04. The van der Waals surface area contributed by atoms with Crippen LogP contribution in [0.5, 0.6) is 0 Å². The molecule has 0 aromatic carbocycles. The van der Waals surface area contributed by atoms with E-state index in [1.54, 1.807) is 11.3 Å². The highest BCUT2D eigenvalue weighted by atomic mass is 32.1. The number of thiophene rings is 1. The average molecular weight is 166 g/mol. The normalized spacial score (nSPS) is 19.7. The van der Waals surface area contributed by atoms with Crippen LogP contribution >= 0.6 is 11.3 Å². The van der Waals surface area contributed by atoms with Gasteiger partial charge >= 0.3 is 0 Å². The smallest absolute Gasteiger partial charge is 0.131 e. The van der Waals surface area contributed by atoms with Crippen LogP contribution in [0.2, 0.25) is 0 Å². The second-order valence-corrected chi connectivity index (χ2v) is 4.47. The van der Waals surface area contributed by atoms with E-state index in [1.807, 2.05) is 0 Å². The molecular formula is C9H10OS. The van der Waals surface area contributed by atoms with E-state index in [-0.39, 0.29) is 5.41 Å². The number of aryl methyl sites for hydroxylation is 1. The molecule has 2 rings (SSSR count). The van der Waals surface area contributed by atoms with Gasteiger partial charge < -0.3 is 4.79 Å². The van der Waals surface area contributed by atoms with Crippen molar-refractivity contribution in [2.45, 2.75) is 25.2 Å². The molecule has 1 aliphatic rings. The van der Waals surface area contributed by atoms with Crippen molar-refractivity contribution in [3.63, 3.8) is 0 Å². The first-order valence-corrected chi connectivity index (χ1v) is 4.62. The summed E-state index contributed by atoms with van der Waals surface area (Å²) in [4.78, 5) is 13.3. The van der Waals surface area contributed by atoms with Crippen LogP contribution in [0.1, 0.15) is 22.6 Å². The summed E-state index contributed by atoms with van der Waals surface area (Å²) in [5.41, 5.74) is -0.0566. The molecule has 0 atom stereocenters. The Morgan fingerprint density at radius 2 is 2.27 bits per heavy atom. The van der Waals surface area contributed by atoms with Crippen LogP contribution in [-0.2, 0) is 10.2 Å². The zero-order chi connectivity index (χ0) is 7.90. The molecule has 0 bridgehead atoms. The highest BCUT2D eigenvalue weighted by Gasteiger charge is 2.45. The molecule has 58 valence electrons. The van der Waals surface area contributed by atoms with Gasteiger partial charge in [0.25, 0.3) is 0 Å². The van der Waals surface area contributed by atoms with Gasteiger partial charge in [-0.25, -0.2) is 0 Å². The van der Waals surface area contributed by atoms with Gasteiger partial charge in [0.05, 0.1) is 5.41 Å². The molecule has 0 saturated heterocycles. The Labute approximate surface area is 70.1 Å². The molecule has 0 unspecified atom stereocenters. The molecule has 1 fully saturated rings. The molecule has 0 N–H and O–H groups in total. The molecular weight excluding hydrogens is 156 g/mol. The quantitative estimate of drug-likeness (QED) is 0.616. The summed E-state index contributed by atoms with van der Waals surface area (Å²) in [7, 11) is 0. The largest absolute Gasteiger partial charge is 0.302 e. The molecule has 1 heterocycles. The number of aldehydes is 1. The zero-order valence-corrected chi connectivity index (χ0v) is 7.28. The number of hydrogen-bond donors (Lipinski definition) is 0. The van der Waals surface area contributed by atoms with Crippen molar-refractivity contribution in [1.29, 1.82) is 0 Å². The predicted octanol–water partition coefficient (Wildman–Crippen LogP) is 2.29. The third-order valence-corrected chi connectivity index (χ3v) is 3.47. The van der Waals surface area contributed by atoms with E-state index in [2.05, 4.69) is 19.1 Å². The Morgan fingerprint density at radius 1 is 1.55 bits per heavy atom. The average Bonchev–Trinajstić information content (AvgIpc) is 2.70. The second kappa shape index (κ2) is 2.18. The van der Waals surface area contributed by atoms with Gasteiger partial charge in [-0.05, 0) is 31.9 Å². The minimum absolute atomic E-state index is 0.0566. The van der Waals surface area contributed by atoms with Crippen molar-refractivity contribution in [3.8, 4) is 0 Å². The van der Waals surface area contributed by atoms with Crippen molar-refractivity contribution in [3.05, 3.63) is 21.9 Å². The molecule has 11 heavy (non-hydrogen) atoms. The van der Waals surface area contributed by atoms with E-state index < -0.39 is 0 Å². The van der Waals surface area contributed by atoms with Crippen LogP contribution in [0.15, 0.2) is 12.1 Å². The van der Waals surface area contributed by atoms with Crippen molar-refractivity contribution in [2.24, 2.45) is 0 Å². The SMILES string of the molecule is Cc1ccc(C2(C=O)CC2)s1. The molecule has 0 aliphatic heterocycles. The number of rotatable bonds is 2. The number of carbonyl (C=O) groups excluding carboxylic acids is 1. The highest BCUT2D eigenvalue weighted by molar-refractivity contribution is 7.12. The second-order valence-electron chi connectivity index (χ2n) is 3.18. The molecule has 1 aliphatic carbocycles. The molecule has 1 nitrogen and oxygen atoms in total. The zero-order valence-electron chi connectivity index (χ0n) is 6.46. The van der Waals surface area contributed by atoms with Crippen LogP contribution in [0, 0.1) is 6.92 Å². The van der Waals surface area contributed by atoms with Gasteiger partial charge in [0.1, 0.15) is 6.29 Å². The summed E-state index contributed by atoms with van der Waals surface area (Å²) >= 11 is 1.75. The molecule has 1 saturated carbocycles. The van der Waals surface area contributed by atoms with E-state index in [4.69, 9.17) is 0 Å². The van der Waals surface area contributed by atoms with Crippen molar-refractivity contribution < 1.29 is 4.79 Å². The van der Waals surface area contributed by atoms with Crippen LogP contribution in [0.4, 0.5) is 0 Å².